The number of piperidine rings is 1. The summed E-state index contributed by atoms with van der Waals surface area (Å²) in [6.07, 6.45) is 1.78. The number of aryl methyl sites for hydroxylation is 1. The SMILES string of the molecule is CC(=O)NCCNc1nc(-c2ccccc2)nc2[nH]c(C(=O)N3CCC(NSc4ccc(C)cc4)CC3)cc12. The molecule has 0 spiro atoms. The molecule has 10 heteroatoms. The van der Waals surface area contributed by atoms with Crippen LogP contribution in [0.3, 0.4) is 0 Å². The van der Waals surface area contributed by atoms with Crippen molar-refractivity contribution in [3.05, 3.63) is 71.9 Å². The summed E-state index contributed by atoms with van der Waals surface area (Å²) in [5.41, 5.74) is 3.22. The van der Waals surface area contributed by atoms with Gasteiger partial charge in [0, 0.05) is 49.6 Å². The van der Waals surface area contributed by atoms with Crippen molar-refractivity contribution < 1.29 is 9.59 Å². The standard InChI is InChI=1S/C29H33N7O2S/c1-19-8-10-23(11-9-19)39-35-22-12-16-36(17-13-22)29(38)25-18-24-27(31-15-14-30-20(2)37)33-26(34-28(24)32-25)21-6-4-3-5-7-21/h3-11,18,22,35H,12-17H2,1-2H3,(H,30,37)(H2,31,32,33,34). The van der Waals surface area contributed by atoms with Gasteiger partial charge in [0.05, 0.1) is 5.39 Å². The summed E-state index contributed by atoms with van der Waals surface area (Å²) >= 11 is 1.65. The van der Waals surface area contributed by atoms with Crippen molar-refractivity contribution in [2.24, 2.45) is 0 Å². The third-order valence-electron chi connectivity index (χ3n) is 6.69. The van der Waals surface area contributed by atoms with Crippen LogP contribution in [0, 0.1) is 6.92 Å². The third-order valence-corrected chi connectivity index (χ3v) is 7.65. The molecule has 9 nitrogen and oxygen atoms in total. The van der Waals surface area contributed by atoms with Crippen LogP contribution in [0.15, 0.2) is 65.6 Å². The molecular formula is C29H33N7O2S. The zero-order valence-electron chi connectivity index (χ0n) is 22.2. The highest BCUT2D eigenvalue weighted by Gasteiger charge is 2.25. The molecule has 1 saturated heterocycles. The number of anilines is 1. The van der Waals surface area contributed by atoms with Gasteiger partial charge >= 0.3 is 0 Å². The molecule has 2 amide bonds. The number of benzene rings is 2. The first kappa shape index (κ1) is 26.7. The van der Waals surface area contributed by atoms with E-state index in [1.807, 2.05) is 41.3 Å². The normalized spacial score (nSPS) is 13.9. The maximum absolute atomic E-state index is 13.4. The van der Waals surface area contributed by atoms with E-state index in [0.29, 0.717) is 55.2 Å². The van der Waals surface area contributed by atoms with Gasteiger partial charge in [-0.15, -0.1) is 0 Å². The summed E-state index contributed by atoms with van der Waals surface area (Å²) < 4.78 is 3.56. The molecule has 39 heavy (non-hydrogen) atoms. The summed E-state index contributed by atoms with van der Waals surface area (Å²) in [4.78, 5) is 40.5. The molecule has 4 N–H and O–H groups in total. The Kier molecular flexibility index (Phi) is 8.43. The van der Waals surface area contributed by atoms with Crippen LogP contribution in [0.1, 0.15) is 35.8 Å². The Hall–Kier alpha value is -3.89. The summed E-state index contributed by atoms with van der Waals surface area (Å²) in [6, 6.07) is 20.4. The van der Waals surface area contributed by atoms with Gasteiger partial charge in [0.2, 0.25) is 5.91 Å². The van der Waals surface area contributed by atoms with Crippen LogP contribution in [0.2, 0.25) is 0 Å². The average Bonchev–Trinajstić information content (AvgIpc) is 3.40. The quantitative estimate of drug-likeness (QED) is 0.183. The largest absolute Gasteiger partial charge is 0.368 e. The van der Waals surface area contributed by atoms with Crippen LogP contribution in [-0.4, -0.2) is 63.9 Å². The van der Waals surface area contributed by atoms with Crippen molar-refractivity contribution in [1.29, 1.82) is 0 Å². The molecule has 2 aromatic heterocycles. The van der Waals surface area contributed by atoms with E-state index < -0.39 is 0 Å². The third kappa shape index (κ3) is 6.76. The number of nitrogens with zero attached hydrogens (tertiary/aromatic N) is 3. The number of carbonyl (C=O) groups is 2. The van der Waals surface area contributed by atoms with Gasteiger partial charge in [0.25, 0.3) is 5.91 Å². The van der Waals surface area contributed by atoms with Crippen molar-refractivity contribution in [2.75, 3.05) is 31.5 Å². The average molecular weight is 544 g/mol. The molecule has 4 aromatic rings. The van der Waals surface area contributed by atoms with E-state index in [-0.39, 0.29) is 11.8 Å². The summed E-state index contributed by atoms with van der Waals surface area (Å²) in [7, 11) is 0. The molecular weight excluding hydrogens is 510 g/mol. The topological polar surface area (TPSA) is 115 Å². The summed E-state index contributed by atoms with van der Waals surface area (Å²) in [6.45, 7) is 5.90. The van der Waals surface area contributed by atoms with Gasteiger partial charge in [-0.25, -0.2) is 9.97 Å². The Morgan fingerprint density at radius 2 is 1.77 bits per heavy atom. The minimum atomic E-state index is -0.0862. The smallest absolute Gasteiger partial charge is 0.270 e. The second-order valence-corrected chi connectivity index (χ2v) is 10.6. The van der Waals surface area contributed by atoms with Crippen molar-refractivity contribution >= 4 is 40.6 Å². The number of amides is 2. The van der Waals surface area contributed by atoms with Crippen molar-refractivity contribution in [1.82, 2.24) is 29.9 Å². The van der Waals surface area contributed by atoms with Crippen LogP contribution in [0.4, 0.5) is 5.82 Å². The molecule has 0 atom stereocenters. The number of rotatable bonds is 9. The Labute approximate surface area is 232 Å². The number of fused-ring (bicyclic) bond motifs is 1. The van der Waals surface area contributed by atoms with Crippen molar-refractivity contribution in [3.8, 4) is 11.4 Å². The second kappa shape index (κ2) is 12.3. The predicted octanol–water partition coefficient (Wildman–Crippen LogP) is 4.38. The van der Waals surface area contributed by atoms with E-state index in [0.717, 1.165) is 23.8 Å². The van der Waals surface area contributed by atoms with Gasteiger partial charge in [0.15, 0.2) is 5.82 Å². The minimum absolute atomic E-state index is 0.0388. The van der Waals surface area contributed by atoms with E-state index in [1.54, 1.807) is 11.9 Å². The van der Waals surface area contributed by atoms with Gasteiger partial charge in [0.1, 0.15) is 17.2 Å². The molecule has 5 rings (SSSR count). The van der Waals surface area contributed by atoms with Gasteiger partial charge < -0.3 is 20.5 Å². The molecule has 0 radical (unpaired) electrons. The molecule has 1 aliphatic heterocycles. The van der Waals surface area contributed by atoms with Gasteiger partial charge in [-0.3, -0.25) is 14.3 Å². The number of likely N-dealkylation sites (tertiary alicyclic amines) is 1. The Morgan fingerprint density at radius 3 is 2.49 bits per heavy atom. The molecule has 3 heterocycles. The van der Waals surface area contributed by atoms with Crippen LogP contribution in [0.5, 0.6) is 0 Å². The number of hydrogen-bond donors (Lipinski definition) is 4. The number of H-pyrrole nitrogens is 1. The highest BCUT2D eigenvalue weighted by Crippen LogP contribution is 2.27. The lowest BCUT2D eigenvalue weighted by molar-refractivity contribution is -0.118. The maximum atomic E-state index is 13.4. The number of nitrogens with one attached hydrogen (secondary N) is 4. The van der Waals surface area contributed by atoms with Crippen LogP contribution in [-0.2, 0) is 4.79 Å². The molecule has 1 aliphatic rings. The zero-order chi connectivity index (χ0) is 27.2. The summed E-state index contributed by atoms with van der Waals surface area (Å²) in [5, 5.41) is 6.82. The Balaban J connectivity index is 1.28. The van der Waals surface area contributed by atoms with Gasteiger partial charge in [-0.1, -0.05) is 48.0 Å². The Bertz CT molecular complexity index is 1430. The number of hydrogen-bond acceptors (Lipinski definition) is 7. The molecule has 0 aliphatic carbocycles. The fourth-order valence-corrected chi connectivity index (χ4v) is 5.33. The van der Waals surface area contributed by atoms with Crippen LogP contribution >= 0.6 is 11.9 Å². The lowest BCUT2D eigenvalue weighted by Gasteiger charge is -2.32. The lowest BCUT2D eigenvalue weighted by atomic mass is 10.1. The first-order valence-electron chi connectivity index (χ1n) is 13.2. The minimum Gasteiger partial charge on any atom is -0.368 e. The van der Waals surface area contributed by atoms with E-state index in [1.165, 1.54) is 17.4 Å². The fourth-order valence-electron chi connectivity index (χ4n) is 4.52. The highest BCUT2D eigenvalue weighted by molar-refractivity contribution is 7.97. The van der Waals surface area contributed by atoms with Crippen LogP contribution < -0.4 is 15.4 Å². The molecule has 0 unspecified atom stereocenters. The van der Waals surface area contributed by atoms with Crippen molar-refractivity contribution in [2.45, 2.75) is 37.6 Å². The van der Waals surface area contributed by atoms with E-state index in [9.17, 15) is 9.59 Å². The number of aromatic nitrogens is 3. The van der Waals surface area contributed by atoms with E-state index >= 15 is 0 Å². The van der Waals surface area contributed by atoms with Crippen molar-refractivity contribution in [3.63, 3.8) is 0 Å². The van der Waals surface area contributed by atoms with E-state index in [4.69, 9.17) is 9.97 Å². The number of aromatic amines is 1. The maximum Gasteiger partial charge on any atom is 0.270 e. The first-order chi connectivity index (χ1) is 19.0. The molecule has 2 aromatic carbocycles. The second-order valence-electron chi connectivity index (χ2n) is 9.72. The molecule has 1 fully saturated rings. The van der Waals surface area contributed by atoms with Gasteiger partial charge in [-0.05, 0) is 49.9 Å². The van der Waals surface area contributed by atoms with Crippen LogP contribution in [0.25, 0.3) is 22.4 Å². The Morgan fingerprint density at radius 1 is 1.03 bits per heavy atom. The van der Waals surface area contributed by atoms with E-state index in [2.05, 4.69) is 51.5 Å². The summed E-state index contributed by atoms with van der Waals surface area (Å²) in [5.74, 6) is 1.06. The highest BCUT2D eigenvalue weighted by atomic mass is 32.2. The molecule has 0 saturated carbocycles. The first-order valence-corrected chi connectivity index (χ1v) is 14.0. The molecule has 202 valence electrons. The lowest BCUT2D eigenvalue weighted by Crippen LogP contribution is -2.43. The van der Waals surface area contributed by atoms with Gasteiger partial charge in [-0.2, -0.15) is 0 Å². The predicted molar refractivity (Wildman–Crippen MR) is 156 cm³/mol. The number of carbonyl (C=O) groups excluding carboxylic acids is 2. The molecule has 0 bridgehead atoms. The zero-order valence-corrected chi connectivity index (χ0v) is 23.0. The monoisotopic (exact) mass is 543 g/mol. The fraction of sp³-hybridized carbons (Fsp3) is 0.310.